The zero-order valence-electron chi connectivity index (χ0n) is 7.60. The molecule has 2 rings (SSSR count). The van der Waals surface area contributed by atoms with E-state index in [-0.39, 0.29) is 6.61 Å². The Labute approximate surface area is 81.8 Å². The van der Waals surface area contributed by atoms with Crippen LogP contribution in [-0.2, 0) is 6.61 Å². The molecule has 0 aliphatic heterocycles. The van der Waals surface area contributed by atoms with Gasteiger partial charge in [0.15, 0.2) is 0 Å². The fourth-order valence-electron chi connectivity index (χ4n) is 1.27. The third-order valence-electron chi connectivity index (χ3n) is 2.01. The van der Waals surface area contributed by atoms with Crippen molar-refractivity contribution in [1.29, 1.82) is 0 Å². The number of anilines is 1. The third-order valence-corrected chi connectivity index (χ3v) is 2.01. The number of aliphatic hydroxyl groups is 1. The minimum absolute atomic E-state index is 0.0744. The topological polar surface area (TPSA) is 59.4 Å². The van der Waals surface area contributed by atoms with Crippen LogP contribution in [0.25, 0.3) is 11.3 Å². The molecular weight excluding hydrogens is 178 g/mol. The highest BCUT2D eigenvalue weighted by molar-refractivity contribution is 5.60. The second-order valence-corrected chi connectivity index (χ2v) is 3.05. The zero-order chi connectivity index (χ0) is 9.97. The van der Waals surface area contributed by atoms with E-state index in [0.29, 0.717) is 5.76 Å². The monoisotopic (exact) mass is 189 g/mol. The minimum atomic E-state index is -0.0744. The molecule has 0 unspecified atom stereocenters. The van der Waals surface area contributed by atoms with E-state index in [4.69, 9.17) is 15.3 Å². The van der Waals surface area contributed by atoms with Crippen LogP contribution in [0.15, 0.2) is 40.8 Å². The lowest BCUT2D eigenvalue weighted by Gasteiger charge is -1.97. The molecule has 0 radical (unpaired) electrons. The highest BCUT2D eigenvalue weighted by Crippen LogP contribution is 2.22. The average molecular weight is 189 g/mol. The molecule has 1 aromatic heterocycles. The van der Waals surface area contributed by atoms with Gasteiger partial charge in [0.25, 0.3) is 0 Å². The Morgan fingerprint density at radius 2 is 1.79 bits per heavy atom. The maximum atomic E-state index is 8.83. The Morgan fingerprint density at radius 1 is 1.07 bits per heavy atom. The molecule has 0 aliphatic carbocycles. The molecule has 0 saturated carbocycles. The van der Waals surface area contributed by atoms with Crippen LogP contribution in [-0.4, -0.2) is 5.11 Å². The Balaban J connectivity index is 2.34. The van der Waals surface area contributed by atoms with Crippen molar-refractivity contribution < 1.29 is 9.52 Å². The van der Waals surface area contributed by atoms with Crippen molar-refractivity contribution in [2.45, 2.75) is 6.61 Å². The lowest BCUT2D eigenvalue weighted by atomic mass is 10.1. The van der Waals surface area contributed by atoms with Gasteiger partial charge in [-0.15, -0.1) is 0 Å². The minimum Gasteiger partial charge on any atom is -0.459 e. The number of benzene rings is 1. The molecule has 72 valence electrons. The van der Waals surface area contributed by atoms with E-state index in [0.717, 1.165) is 17.0 Å². The SMILES string of the molecule is Nc1ccc(-c2ccc(CO)o2)cc1. The highest BCUT2D eigenvalue weighted by Gasteiger charge is 2.02. The summed E-state index contributed by atoms with van der Waals surface area (Å²) in [6, 6.07) is 11.0. The van der Waals surface area contributed by atoms with Crippen LogP contribution in [0.2, 0.25) is 0 Å². The summed E-state index contributed by atoms with van der Waals surface area (Å²) >= 11 is 0. The van der Waals surface area contributed by atoms with Gasteiger partial charge in [0, 0.05) is 11.3 Å². The second-order valence-electron chi connectivity index (χ2n) is 3.05. The number of aliphatic hydroxyl groups excluding tert-OH is 1. The van der Waals surface area contributed by atoms with Gasteiger partial charge in [0.2, 0.25) is 0 Å². The number of rotatable bonds is 2. The highest BCUT2D eigenvalue weighted by atomic mass is 16.4. The summed E-state index contributed by atoms with van der Waals surface area (Å²) in [5.74, 6) is 1.31. The van der Waals surface area contributed by atoms with Crippen molar-refractivity contribution >= 4 is 5.69 Å². The first-order valence-corrected chi connectivity index (χ1v) is 4.35. The normalized spacial score (nSPS) is 10.4. The van der Waals surface area contributed by atoms with Crippen molar-refractivity contribution in [2.24, 2.45) is 0 Å². The Morgan fingerprint density at radius 3 is 2.36 bits per heavy atom. The van der Waals surface area contributed by atoms with E-state index in [2.05, 4.69) is 0 Å². The fraction of sp³-hybridized carbons (Fsp3) is 0.0909. The Hall–Kier alpha value is -1.74. The lowest BCUT2D eigenvalue weighted by molar-refractivity contribution is 0.248. The van der Waals surface area contributed by atoms with Gasteiger partial charge in [-0.1, -0.05) is 0 Å². The summed E-state index contributed by atoms with van der Waals surface area (Å²) in [6.45, 7) is -0.0744. The molecule has 0 atom stereocenters. The van der Waals surface area contributed by atoms with Crippen molar-refractivity contribution in [3.05, 3.63) is 42.2 Å². The lowest BCUT2D eigenvalue weighted by Crippen LogP contribution is -1.82. The second kappa shape index (κ2) is 3.55. The van der Waals surface area contributed by atoms with Gasteiger partial charge in [0.05, 0.1) is 0 Å². The van der Waals surface area contributed by atoms with Crippen molar-refractivity contribution in [3.63, 3.8) is 0 Å². The van der Waals surface area contributed by atoms with Gasteiger partial charge in [-0.3, -0.25) is 0 Å². The first kappa shape index (κ1) is 8.84. The smallest absolute Gasteiger partial charge is 0.134 e. The molecule has 3 N–H and O–H groups in total. The Bertz CT molecular complexity index is 417. The van der Waals surface area contributed by atoms with E-state index in [1.165, 1.54) is 0 Å². The van der Waals surface area contributed by atoms with Crippen LogP contribution < -0.4 is 5.73 Å². The molecule has 1 aromatic carbocycles. The number of hydrogen-bond donors (Lipinski definition) is 2. The van der Waals surface area contributed by atoms with Gasteiger partial charge >= 0.3 is 0 Å². The molecule has 0 fully saturated rings. The number of hydrogen-bond acceptors (Lipinski definition) is 3. The van der Waals surface area contributed by atoms with Crippen molar-refractivity contribution in [2.75, 3.05) is 5.73 Å². The molecular formula is C11H11NO2. The summed E-state index contributed by atoms with van der Waals surface area (Å²) in [4.78, 5) is 0. The van der Waals surface area contributed by atoms with Crippen LogP contribution in [0, 0.1) is 0 Å². The van der Waals surface area contributed by atoms with Gasteiger partial charge in [-0.2, -0.15) is 0 Å². The molecule has 0 amide bonds. The van der Waals surface area contributed by atoms with E-state index >= 15 is 0 Å². The maximum Gasteiger partial charge on any atom is 0.134 e. The summed E-state index contributed by atoms with van der Waals surface area (Å²) in [7, 11) is 0. The summed E-state index contributed by atoms with van der Waals surface area (Å²) < 4.78 is 5.37. The number of nitrogens with two attached hydrogens (primary N) is 1. The van der Waals surface area contributed by atoms with Gasteiger partial charge in [0.1, 0.15) is 18.1 Å². The largest absolute Gasteiger partial charge is 0.459 e. The molecule has 3 heteroatoms. The van der Waals surface area contributed by atoms with Crippen molar-refractivity contribution in [3.8, 4) is 11.3 Å². The third kappa shape index (κ3) is 1.63. The van der Waals surface area contributed by atoms with Crippen LogP contribution in [0.3, 0.4) is 0 Å². The maximum absolute atomic E-state index is 8.83. The van der Waals surface area contributed by atoms with Gasteiger partial charge < -0.3 is 15.3 Å². The molecule has 0 spiro atoms. The van der Waals surface area contributed by atoms with Crippen LogP contribution in [0.4, 0.5) is 5.69 Å². The first-order chi connectivity index (χ1) is 6.79. The Kier molecular flexibility index (Phi) is 2.24. The number of furan rings is 1. The molecule has 14 heavy (non-hydrogen) atoms. The molecule has 0 saturated heterocycles. The van der Waals surface area contributed by atoms with Crippen molar-refractivity contribution in [1.82, 2.24) is 0 Å². The van der Waals surface area contributed by atoms with Crippen LogP contribution >= 0.6 is 0 Å². The van der Waals surface area contributed by atoms with E-state index in [1.807, 2.05) is 30.3 Å². The summed E-state index contributed by atoms with van der Waals surface area (Å²) in [6.07, 6.45) is 0. The van der Waals surface area contributed by atoms with E-state index in [9.17, 15) is 0 Å². The van der Waals surface area contributed by atoms with Gasteiger partial charge in [-0.05, 0) is 36.4 Å². The summed E-state index contributed by atoms with van der Waals surface area (Å²) in [5, 5.41) is 8.83. The first-order valence-electron chi connectivity index (χ1n) is 4.35. The quantitative estimate of drug-likeness (QED) is 0.710. The number of nitrogen functional groups attached to an aromatic ring is 1. The molecule has 2 aromatic rings. The van der Waals surface area contributed by atoms with Gasteiger partial charge in [-0.25, -0.2) is 0 Å². The molecule has 3 nitrogen and oxygen atoms in total. The van der Waals surface area contributed by atoms with E-state index in [1.54, 1.807) is 6.07 Å². The molecule has 0 aliphatic rings. The molecule has 0 bridgehead atoms. The van der Waals surface area contributed by atoms with Crippen LogP contribution in [0.5, 0.6) is 0 Å². The van der Waals surface area contributed by atoms with E-state index < -0.39 is 0 Å². The van der Waals surface area contributed by atoms with Crippen LogP contribution in [0.1, 0.15) is 5.76 Å². The standard InChI is InChI=1S/C11H11NO2/c12-9-3-1-8(2-4-9)11-6-5-10(7-13)14-11/h1-6,13H,7,12H2. The predicted octanol–water partition coefficient (Wildman–Crippen LogP) is 2.02. The predicted molar refractivity (Wildman–Crippen MR) is 54.5 cm³/mol. The fourth-order valence-corrected chi connectivity index (χ4v) is 1.27. The average Bonchev–Trinajstić information content (AvgIpc) is 2.67. The molecule has 1 heterocycles. The zero-order valence-corrected chi connectivity index (χ0v) is 7.60. The summed E-state index contributed by atoms with van der Waals surface area (Å²) in [5.41, 5.74) is 7.25.